The van der Waals surface area contributed by atoms with E-state index in [4.69, 9.17) is 0 Å². The number of rotatable bonds is 2. The zero-order valence-electron chi connectivity index (χ0n) is 10.3. The number of hydrogen-bond donors (Lipinski definition) is 1. The molecular formula is C11H10N6OS. The van der Waals surface area contributed by atoms with E-state index >= 15 is 0 Å². The van der Waals surface area contributed by atoms with Gasteiger partial charge in [-0.05, 0) is 26.0 Å². The number of hydrogen-bond acceptors (Lipinski definition) is 6. The third kappa shape index (κ3) is 2.17. The Labute approximate surface area is 112 Å². The van der Waals surface area contributed by atoms with Crippen molar-refractivity contribution in [3.05, 3.63) is 34.9 Å². The van der Waals surface area contributed by atoms with Gasteiger partial charge in [-0.3, -0.25) is 4.79 Å². The molecule has 7 nitrogen and oxygen atoms in total. The molecule has 0 aliphatic heterocycles. The monoisotopic (exact) mass is 274 g/mol. The van der Waals surface area contributed by atoms with Crippen LogP contribution in [0.3, 0.4) is 0 Å². The van der Waals surface area contributed by atoms with Gasteiger partial charge in [0.1, 0.15) is 10.7 Å². The molecule has 0 aliphatic rings. The maximum absolute atomic E-state index is 12.1. The topological polar surface area (TPSA) is 85.1 Å². The van der Waals surface area contributed by atoms with E-state index in [1.165, 1.54) is 15.9 Å². The molecule has 19 heavy (non-hydrogen) atoms. The molecular weight excluding hydrogens is 264 g/mol. The van der Waals surface area contributed by atoms with Gasteiger partial charge in [-0.2, -0.15) is 9.61 Å². The highest BCUT2D eigenvalue weighted by molar-refractivity contribution is 7.15. The largest absolute Gasteiger partial charge is 0.311 e. The van der Waals surface area contributed by atoms with Crippen molar-refractivity contribution in [3.8, 4) is 0 Å². The molecule has 0 bridgehead atoms. The van der Waals surface area contributed by atoms with Gasteiger partial charge in [0, 0.05) is 0 Å². The molecule has 3 heterocycles. The van der Waals surface area contributed by atoms with Crippen molar-refractivity contribution in [3.63, 3.8) is 0 Å². The Morgan fingerprint density at radius 3 is 2.89 bits per heavy atom. The summed E-state index contributed by atoms with van der Waals surface area (Å²) in [5.74, 6) is 0.358. The molecule has 0 unspecified atom stereocenters. The normalized spacial score (nSPS) is 10.8. The number of aryl methyl sites for hydroxylation is 2. The summed E-state index contributed by atoms with van der Waals surface area (Å²) < 4.78 is 1.53. The Bertz CT molecular complexity index is 761. The number of nitrogens with one attached hydrogen (secondary N) is 1. The Morgan fingerprint density at radius 2 is 2.16 bits per heavy atom. The van der Waals surface area contributed by atoms with Crippen molar-refractivity contribution in [2.45, 2.75) is 13.8 Å². The highest BCUT2D eigenvalue weighted by Gasteiger charge is 2.11. The Hall–Kier alpha value is -2.35. The molecule has 0 fully saturated rings. The van der Waals surface area contributed by atoms with Gasteiger partial charge < -0.3 is 5.32 Å². The molecule has 8 heteroatoms. The standard InChI is InChI=1S/C11H10N6OS/c1-6-14-15-9-4-3-8(16-17(6)9)11(18)13-10-5-12-7(2)19-10/h3-5H,1-2H3,(H,13,18). The van der Waals surface area contributed by atoms with Gasteiger partial charge in [-0.1, -0.05) is 0 Å². The summed E-state index contributed by atoms with van der Waals surface area (Å²) in [4.78, 5) is 16.1. The minimum atomic E-state index is -0.279. The van der Waals surface area contributed by atoms with Crippen LogP contribution < -0.4 is 5.32 Å². The quantitative estimate of drug-likeness (QED) is 0.764. The van der Waals surface area contributed by atoms with Gasteiger partial charge in [-0.15, -0.1) is 21.5 Å². The molecule has 0 saturated heterocycles. The van der Waals surface area contributed by atoms with Crippen LogP contribution in [0.2, 0.25) is 0 Å². The zero-order valence-corrected chi connectivity index (χ0v) is 11.1. The van der Waals surface area contributed by atoms with Crippen LogP contribution in [0.4, 0.5) is 5.00 Å². The molecule has 1 N–H and O–H groups in total. The lowest BCUT2D eigenvalue weighted by Gasteiger charge is -2.01. The maximum atomic E-state index is 12.1. The minimum Gasteiger partial charge on any atom is -0.311 e. The van der Waals surface area contributed by atoms with E-state index in [-0.39, 0.29) is 5.91 Å². The second kappa shape index (κ2) is 4.39. The highest BCUT2D eigenvalue weighted by atomic mass is 32.1. The fourth-order valence-electron chi connectivity index (χ4n) is 1.61. The summed E-state index contributed by atoms with van der Waals surface area (Å²) in [7, 11) is 0. The Kier molecular flexibility index (Phi) is 2.71. The van der Waals surface area contributed by atoms with E-state index in [1.54, 1.807) is 25.3 Å². The predicted molar refractivity (Wildman–Crippen MR) is 70.3 cm³/mol. The number of nitrogens with zero attached hydrogens (tertiary/aromatic N) is 5. The smallest absolute Gasteiger partial charge is 0.276 e. The van der Waals surface area contributed by atoms with Crippen LogP contribution in [0.15, 0.2) is 18.3 Å². The lowest BCUT2D eigenvalue weighted by atomic mass is 10.3. The van der Waals surface area contributed by atoms with Gasteiger partial charge >= 0.3 is 0 Å². The summed E-state index contributed by atoms with van der Waals surface area (Å²) >= 11 is 1.42. The minimum absolute atomic E-state index is 0.279. The molecule has 3 aromatic rings. The van der Waals surface area contributed by atoms with E-state index in [2.05, 4.69) is 25.6 Å². The molecule has 0 atom stereocenters. The van der Waals surface area contributed by atoms with Crippen molar-refractivity contribution >= 4 is 27.9 Å². The summed E-state index contributed by atoms with van der Waals surface area (Å²) in [6, 6.07) is 3.33. The number of anilines is 1. The first-order chi connectivity index (χ1) is 9.13. The van der Waals surface area contributed by atoms with Crippen LogP contribution in [-0.4, -0.2) is 30.7 Å². The number of thiazole rings is 1. The summed E-state index contributed by atoms with van der Waals surface area (Å²) in [5.41, 5.74) is 0.920. The SMILES string of the molecule is Cc1ncc(NC(=O)c2ccc3nnc(C)n3n2)s1. The van der Waals surface area contributed by atoms with E-state index in [0.717, 1.165) is 5.01 Å². The fourth-order valence-corrected chi connectivity index (χ4v) is 2.29. The molecule has 0 spiro atoms. The number of fused-ring (bicyclic) bond motifs is 1. The number of amides is 1. The van der Waals surface area contributed by atoms with Crippen LogP contribution in [-0.2, 0) is 0 Å². The predicted octanol–water partition coefficient (Wildman–Crippen LogP) is 1.45. The third-order valence-electron chi connectivity index (χ3n) is 2.51. The number of carbonyl (C=O) groups excluding carboxylic acids is 1. The van der Waals surface area contributed by atoms with Crippen molar-refractivity contribution < 1.29 is 4.79 Å². The van der Waals surface area contributed by atoms with Crippen molar-refractivity contribution in [2.75, 3.05) is 5.32 Å². The first kappa shape index (κ1) is 11.7. The van der Waals surface area contributed by atoms with Crippen LogP contribution >= 0.6 is 11.3 Å². The lowest BCUT2D eigenvalue weighted by molar-refractivity contribution is 0.102. The highest BCUT2D eigenvalue weighted by Crippen LogP contribution is 2.18. The average Bonchev–Trinajstić information content (AvgIpc) is 2.96. The second-order valence-electron chi connectivity index (χ2n) is 3.93. The van der Waals surface area contributed by atoms with Crippen LogP contribution in [0.25, 0.3) is 5.65 Å². The van der Waals surface area contributed by atoms with Gasteiger partial charge in [0.25, 0.3) is 5.91 Å². The Morgan fingerprint density at radius 1 is 1.32 bits per heavy atom. The summed E-state index contributed by atoms with van der Waals surface area (Å²) in [6.07, 6.45) is 1.63. The summed E-state index contributed by atoms with van der Waals surface area (Å²) in [6.45, 7) is 3.66. The molecule has 0 radical (unpaired) electrons. The van der Waals surface area contributed by atoms with E-state index < -0.39 is 0 Å². The van der Waals surface area contributed by atoms with Gasteiger partial charge in [0.15, 0.2) is 11.5 Å². The van der Waals surface area contributed by atoms with E-state index in [9.17, 15) is 4.79 Å². The maximum Gasteiger partial charge on any atom is 0.276 e. The van der Waals surface area contributed by atoms with E-state index in [1.807, 2.05) is 6.92 Å². The van der Waals surface area contributed by atoms with Gasteiger partial charge in [0.05, 0.1) is 11.2 Å². The van der Waals surface area contributed by atoms with Crippen molar-refractivity contribution in [1.29, 1.82) is 0 Å². The van der Waals surface area contributed by atoms with Crippen molar-refractivity contribution in [2.24, 2.45) is 0 Å². The number of carbonyl (C=O) groups is 1. The molecule has 3 rings (SSSR count). The molecule has 0 saturated carbocycles. The van der Waals surface area contributed by atoms with Gasteiger partial charge in [-0.25, -0.2) is 4.98 Å². The van der Waals surface area contributed by atoms with Crippen LogP contribution in [0.5, 0.6) is 0 Å². The Balaban J connectivity index is 1.90. The lowest BCUT2D eigenvalue weighted by Crippen LogP contribution is -2.14. The molecule has 1 amide bonds. The molecule has 96 valence electrons. The zero-order chi connectivity index (χ0) is 13.4. The fraction of sp³-hybridized carbons (Fsp3) is 0.182. The van der Waals surface area contributed by atoms with Crippen molar-refractivity contribution in [1.82, 2.24) is 24.8 Å². The average molecular weight is 274 g/mol. The van der Waals surface area contributed by atoms with Crippen LogP contribution in [0, 0.1) is 13.8 Å². The molecule has 0 aromatic carbocycles. The first-order valence-electron chi connectivity index (χ1n) is 5.56. The second-order valence-corrected chi connectivity index (χ2v) is 5.17. The van der Waals surface area contributed by atoms with Gasteiger partial charge in [0.2, 0.25) is 0 Å². The van der Waals surface area contributed by atoms with Crippen LogP contribution in [0.1, 0.15) is 21.3 Å². The third-order valence-corrected chi connectivity index (χ3v) is 3.34. The number of aromatic nitrogens is 5. The molecule has 0 aliphatic carbocycles. The summed E-state index contributed by atoms with van der Waals surface area (Å²) in [5, 5.41) is 16.4. The molecule has 3 aromatic heterocycles. The first-order valence-corrected chi connectivity index (χ1v) is 6.38. The van der Waals surface area contributed by atoms with E-state index in [0.29, 0.717) is 22.2 Å².